The third kappa shape index (κ3) is 5.21. The lowest BCUT2D eigenvalue weighted by atomic mass is 9.92. The van der Waals surface area contributed by atoms with Crippen LogP contribution in [0.3, 0.4) is 0 Å². The lowest BCUT2D eigenvalue weighted by Crippen LogP contribution is -2.44. The third-order valence-electron chi connectivity index (χ3n) is 5.06. The summed E-state index contributed by atoms with van der Waals surface area (Å²) in [5, 5.41) is 11.1. The molecule has 1 aromatic rings. The first-order valence-electron chi connectivity index (χ1n) is 9.75. The molecule has 154 valence electrons. The number of amides is 1. The van der Waals surface area contributed by atoms with Crippen LogP contribution in [-0.4, -0.2) is 54.5 Å². The van der Waals surface area contributed by atoms with Gasteiger partial charge in [0.1, 0.15) is 0 Å². The Bertz CT molecular complexity index is 723. The maximum Gasteiger partial charge on any atom is 0.341 e. The molecule has 0 saturated carbocycles. The second-order valence-corrected chi connectivity index (χ2v) is 7.45. The number of nitro benzene ring substituents is 1. The molecule has 0 bridgehead atoms. The monoisotopic (exact) mass is 391 g/mol. The van der Waals surface area contributed by atoms with E-state index < -0.39 is 10.9 Å². The first-order chi connectivity index (χ1) is 13.3. The van der Waals surface area contributed by atoms with Crippen LogP contribution in [0.5, 0.6) is 0 Å². The Labute approximate surface area is 165 Å². The summed E-state index contributed by atoms with van der Waals surface area (Å²) < 4.78 is 5.25. The number of carbonyl (C=O) groups is 2. The second kappa shape index (κ2) is 9.52. The molecule has 0 aliphatic carbocycles. The van der Waals surface area contributed by atoms with Crippen molar-refractivity contribution in [2.45, 2.75) is 34.1 Å². The molecule has 1 aromatic carbocycles. The van der Waals surface area contributed by atoms with E-state index in [9.17, 15) is 19.7 Å². The van der Waals surface area contributed by atoms with Crippen LogP contribution >= 0.6 is 0 Å². The molecule has 0 N–H and O–H groups in total. The van der Waals surface area contributed by atoms with Gasteiger partial charge in [0.2, 0.25) is 0 Å². The van der Waals surface area contributed by atoms with Gasteiger partial charge in [-0.3, -0.25) is 14.9 Å². The van der Waals surface area contributed by atoms with Crippen LogP contribution in [-0.2, 0) is 9.53 Å². The Balaban J connectivity index is 2.14. The molecular weight excluding hydrogens is 362 g/mol. The van der Waals surface area contributed by atoms with Crippen LogP contribution in [0.15, 0.2) is 18.2 Å². The topological polar surface area (TPSA) is 93.0 Å². The molecule has 1 fully saturated rings. The predicted octanol–water partition coefficient (Wildman–Crippen LogP) is 3.10. The zero-order valence-electron chi connectivity index (χ0n) is 17.0. The van der Waals surface area contributed by atoms with Gasteiger partial charge in [-0.05, 0) is 38.2 Å². The number of nitro groups is 1. The highest BCUT2D eigenvalue weighted by Gasteiger charge is 2.27. The van der Waals surface area contributed by atoms with Gasteiger partial charge in [-0.2, -0.15) is 0 Å². The van der Waals surface area contributed by atoms with Gasteiger partial charge < -0.3 is 14.5 Å². The molecule has 8 heteroatoms. The molecule has 0 unspecified atom stereocenters. The van der Waals surface area contributed by atoms with Crippen molar-refractivity contribution in [2.75, 3.05) is 37.7 Å². The molecule has 0 spiro atoms. The average Bonchev–Trinajstić information content (AvgIpc) is 2.66. The van der Waals surface area contributed by atoms with Gasteiger partial charge >= 0.3 is 5.97 Å². The Hall–Kier alpha value is -2.64. The van der Waals surface area contributed by atoms with Crippen molar-refractivity contribution >= 4 is 23.3 Å². The quantitative estimate of drug-likeness (QED) is 0.403. The zero-order valence-corrected chi connectivity index (χ0v) is 17.0. The zero-order chi connectivity index (χ0) is 20.8. The van der Waals surface area contributed by atoms with Gasteiger partial charge in [-0.15, -0.1) is 0 Å². The van der Waals surface area contributed by atoms with Crippen LogP contribution in [0.1, 0.15) is 44.5 Å². The minimum absolute atomic E-state index is 0.103. The minimum atomic E-state index is -0.725. The average molecular weight is 391 g/mol. The summed E-state index contributed by atoms with van der Waals surface area (Å²) in [5.74, 6) is -0.137. The van der Waals surface area contributed by atoms with E-state index in [4.69, 9.17) is 4.74 Å². The number of esters is 1. The number of non-ortho nitro benzene ring substituents is 1. The maximum atomic E-state index is 12.7. The second-order valence-electron chi connectivity index (χ2n) is 7.45. The minimum Gasteiger partial charge on any atom is -0.452 e. The first-order valence-corrected chi connectivity index (χ1v) is 9.75. The summed E-state index contributed by atoms with van der Waals surface area (Å²) in [4.78, 5) is 39.3. The number of nitrogens with zero attached hydrogens (tertiary/aromatic N) is 3. The van der Waals surface area contributed by atoms with Crippen LogP contribution < -0.4 is 4.90 Å². The molecule has 28 heavy (non-hydrogen) atoms. The molecule has 1 amide bonds. The van der Waals surface area contributed by atoms with Crippen molar-refractivity contribution < 1.29 is 19.2 Å². The van der Waals surface area contributed by atoms with E-state index >= 15 is 0 Å². The van der Waals surface area contributed by atoms with E-state index in [0.29, 0.717) is 43.7 Å². The molecule has 2 rings (SSSR count). The van der Waals surface area contributed by atoms with Gasteiger partial charge in [-0.1, -0.05) is 13.8 Å². The van der Waals surface area contributed by atoms with Gasteiger partial charge in [0.25, 0.3) is 11.6 Å². The summed E-state index contributed by atoms with van der Waals surface area (Å²) in [6.07, 6.45) is 1.07. The molecule has 1 aliphatic heterocycles. The van der Waals surface area contributed by atoms with E-state index in [1.165, 1.54) is 12.1 Å². The summed E-state index contributed by atoms with van der Waals surface area (Å²) in [6.45, 7) is 10.3. The summed E-state index contributed by atoms with van der Waals surface area (Å²) in [7, 11) is 0. The fourth-order valence-electron chi connectivity index (χ4n) is 3.80. The predicted molar refractivity (Wildman–Crippen MR) is 106 cm³/mol. The van der Waals surface area contributed by atoms with Crippen molar-refractivity contribution in [3.63, 3.8) is 0 Å². The molecule has 0 aromatic heterocycles. The van der Waals surface area contributed by atoms with Gasteiger partial charge in [0, 0.05) is 38.3 Å². The highest BCUT2D eigenvalue weighted by atomic mass is 16.6. The van der Waals surface area contributed by atoms with Crippen LogP contribution in [0, 0.1) is 22.0 Å². The van der Waals surface area contributed by atoms with Crippen LogP contribution in [0.25, 0.3) is 0 Å². The lowest BCUT2D eigenvalue weighted by Gasteiger charge is -2.34. The van der Waals surface area contributed by atoms with Gasteiger partial charge in [0.05, 0.1) is 16.2 Å². The van der Waals surface area contributed by atoms with Crippen molar-refractivity contribution in [3.8, 4) is 0 Å². The van der Waals surface area contributed by atoms with Crippen molar-refractivity contribution in [1.29, 1.82) is 0 Å². The number of carbonyl (C=O) groups excluding carboxylic acids is 2. The smallest absolute Gasteiger partial charge is 0.341 e. The fraction of sp³-hybridized carbons (Fsp3) is 0.600. The summed E-state index contributed by atoms with van der Waals surface area (Å²) in [5.41, 5.74) is 0.479. The highest BCUT2D eigenvalue weighted by Crippen LogP contribution is 2.26. The molecule has 2 atom stereocenters. The van der Waals surface area contributed by atoms with Crippen LogP contribution in [0.2, 0.25) is 0 Å². The number of ether oxygens (including phenoxy) is 1. The number of likely N-dealkylation sites (tertiary alicyclic amines) is 1. The van der Waals surface area contributed by atoms with E-state index in [0.717, 1.165) is 6.42 Å². The number of anilines is 1. The standard InChI is InChI=1S/C20H29N3O5/c1-5-21(6-2)18-8-7-16(23(26)27)10-17(18)20(25)28-13-19(24)22-11-14(3)9-15(4)12-22/h7-8,10,14-15H,5-6,9,11-13H2,1-4H3/t14-,15+. The Morgan fingerprint density at radius 1 is 1.21 bits per heavy atom. The van der Waals surface area contributed by atoms with Crippen LogP contribution in [0.4, 0.5) is 11.4 Å². The number of hydrogen-bond donors (Lipinski definition) is 0. The largest absolute Gasteiger partial charge is 0.452 e. The van der Waals surface area contributed by atoms with Gasteiger partial charge in [-0.25, -0.2) is 4.79 Å². The fourth-order valence-corrected chi connectivity index (χ4v) is 3.80. The Morgan fingerprint density at radius 2 is 1.82 bits per heavy atom. The SMILES string of the molecule is CCN(CC)c1ccc([N+](=O)[O-])cc1C(=O)OCC(=O)N1C[C@H](C)C[C@H](C)C1. The number of hydrogen-bond acceptors (Lipinski definition) is 6. The van der Waals surface area contributed by atoms with Crippen molar-refractivity contribution in [3.05, 3.63) is 33.9 Å². The van der Waals surface area contributed by atoms with E-state index in [2.05, 4.69) is 13.8 Å². The summed E-state index contributed by atoms with van der Waals surface area (Å²) >= 11 is 0. The van der Waals surface area contributed by atoms with Crippen molar-refractivity contribution in [1.82, 2.24) is 4.90 Å². The number of piperidine rings is 1. The van der Waals surface area contributed by atoms with E-state index in [-0.39, 0.29) is 23.8 Å². The van der Waals surface area contributed by atoms with E-state index in [1.807, 2.05) is 18.7 Å². The molecule has 1 saturated heterocycles. The molecule has 0 radical (unpaired) electrons. The third-order valence-corrected chi connectivity index (χ3v) is 5.06. The lowest BCUT2D eigenvalue weighted by molar-refractivity contribution is -0.384. The molecule has 1 heterocycles. The maximum absolute atomic E-state index is 12.7. The first kappa shape index (κ1) is 21.7. The van der Waals surface area contributed by atoms with E-state index in [1.54, 1.807) is 11.0 Å². The normalized spacial score (nSPS) is 19.2. The summed E-state index contributed by atoms with van der Waals surface area (Å²) in [6, 6.07) is 4.13. The number of benzene rings is 1. The van der Waals surface area contributed by atoms with Crippen molar-refractivity contribution in [2.24, 2.45) is 11.8 Å². The highest BCUT2D eigenvalue weighted by molar-refractivity contribution is 5.97. The van der Waals surface area contributed by atoms with Gasteiger partial charge in [0.15, 0.2) is 6.61 Å². The molecular formula is C20H29N3O5. The number of rotatable bonds is 7. The molecule has 8 nitrogen and oxygen atoms in total. The Morgan fingerprint density at radius 3 is 2.36 bits per heavy atom. The Kier molecular flexibility index (Phi) is 7.37. The molecule has 1 aliphatic rings.